The van der Waals surface area contributed by atoms with Gasteiger partial charge in [-0.3, -0.25) is 9.69 Å². The molecule has 5 heteroatoms. The first-order chi connectivity index (χ1) is 12.6. The molecular formula is C21H28N2O3. The van der Waals surface area contributed by atoms with Gasteiger partial charge in [-0.2, -0.15) is 0 Å². The van der Waals surface area contributed by atoms with Crippen molar-refractivity contribution in [3.8, 4) is 5.75 Å². The van der Waals surface area contributed by atoms with Crippen LogP contribution in [0, 0.1) is 0 Å². The molecule has 0 radical (unpaired) electrons. The number of rotatable bonds is 6. The molecule has 5 nitrogen and oxygen atoms in total. The monoisotopic (exact) mass is 356 g/mol. The van der Waals surface area contributed by atoms with Crippen LogP contribution < -0.4 is 4.74 Å². The van der Waals surface area contributed by atoms with Crippen LogP contribution in [-0.2, 0) is 9.53 Å². The second kappa shape index (κ2) is 8.52. The molecule has 1 atom stereocenters. The molecule has 2 aromatic carbocycles. The van der Waals surface area contributed by atoms with Crippen LogP contribution >= 0.6 is 0 Å². The average molecular weight is 356 g/mol. The number of piperazine rings is 1. The molecule has 1 heterocycles. The van der Waals surface area contributed by atoms with Gasteiger partial charge < -0.3 is 14.4 Å². The van der Waals surface area contributed by atoms with Crippen molar-refractivity contribution in [2.45, 2.75) is 12.8 Å². The number of methoxy groups -OCH3 is 1. The third-order valence-electron chi connectivity index (χ3n) is 5.17. The summed E-state index contributed by atoms with van der Waals surface area (Å²) in [7, 11) is 3.80. The van der Waals surface area contributed by atoms with Gasteiger partial charge >= 0.3 is 5.97 Å². The van der Waals surface area contributed by atoms with Crippen molar-refractivity contribution < 1.29 is 14.3 Å². The molecule has 0 amide bonds. The lowest BCUT2D eigenvalue weighted by Gasteiger charge is -2.32. The van der Waals surface area contributed by atoms with Gasteiger partial charge in [-0.05, 0) is 42.4 Å². The van der Waals surface area contributed by atoms with E-state index in [0.29, 0.717) is 6.61 Å². The molecule has 3 rings (SSSR count). The third-order valence-corrected chi connectivity index (χ3v) is 5.17. The lowest BCUT2D eigenvalue weighted by atomic mass is 9.98. The van der Waals surface area contributed by atoms with Gasteiger partial charge in [0.2, 0.25) is 0 Å². The van der Waals surface area contributed by atoms with E-state index in [1.54, 1.807) is 7.11 Å². The van der Waals surface area contributed by atoms with E-state index in [1.807, 2.05) is 37.3 Å². The summed E-state index contributed by atoms with van der Waals surface area (Å²) >= 11 is 0. The molecule has 26 heavy (non-hydrogen) atoms. The SMILES string of the molecule is COc1ccc2cc([C@H](C)C(=O)OCCN3CCN(C)CC3)ccc2c1. The summed E-state index contributed by atoms with van der Waals surface area (Å²) in [6.45, 7) is 7.40. The van der Waals surface area contributed by atoms with E-state index in [2.05, 4.69) is 22.9 Å². The number of carbonyl (C=O) groups is 1. The number of likely N-dealkylation sites (N-methyl/N-ethyl adjacent to an activating group) is 1. The molecule has 0 aromatic heterocycles. The summed E-state index contributed by atoms with van der Waals surface area (Å²) < 4.78 is 10.8. The molecule has 140 valence electrons. The smallest absolute Gasteiger partial charge is 0.313 e. The fourth-order valence-electron chi connectivity index (χ4n) is 3.25. The standard InChI is InChI=1S/C21H28N2O3/c1-16(21(24)26-13-12-23-10-8-22(2)9-11-23)17-4-5-19-15-20(25-3)7-6-18(19)14-17/h4-7,14-16H,8-13H2,1-3H3/t16-/m0/s1. The highest BCUT2D eigenvalue weighted by Gasteiger charge is 2.18. The van der Waals surface area contributed by atoms with E-state index in [-0.39, 0.29) is 11.9 Å². The highest BCUT2D eigenvalue weighted by molar-refractivity contribution is 5.86. The minimum atomic E-state index is -0.269. The minimum absolute atomic E-state index is 0.160. The molecule has 0 bridgehead atoms. The van der Waals surface area contributed by atoms with Crippen LogP contribution in [-0.4, -0.2) is 69.3 Å². The maximum absolute atomic E-state index is 12.4. The van der Waals surface area contributed by atoms with Crippen molar-refractivity contribution in [1.29, 1.82) is 0 Å². The number of hydrogen-bond acceptors (Lipinski definition) is 5. The fourth-order valence-corrected chi connectivity index (χ4v) is 3.25. The minimum Gasteiger partial charge on any atom is -0.497 e. The average Bonchev–Trinajstić information content (AvgIpc) is 2.68. The lowest BCUT2D eigenvalue weighted by molar-refractivity contribution is -0.145. The number of carbonyl (C=O) groups excluding carboxylic acids is 1. The van der Waals surface area contributed by atoms with Gasteiger partial charge in [0.1, 0.15) is 12.4 Å². The summed E-state index contributed by atoms with van der Waals surface area (Å²) in [5.41, 5.74) is 0.979. The van der Waals surface area contributed by atoms with Gasteiger partial charge in [-0.15, -0.1) is 0 Å². The van der Waals surface area contributed by atoms with E-state index in [1.165, 1.54) is 0 Å². The Morgan fingerprint density at radius 3 is 2.50 bits per heavy atom. The summed E-state index contributed by atoms with van der Waals surface area (Å²) in [5.74, 6) is 0.405. The Kier molecular flexibility index (Phi) is 6.12. The van der Waals surface area contributed by atoms with Crippen molar-refractivity contribution in [1.82, 2.24) is 9.80 Å². The van der Waals surface area contributed by atoms with Gasteiger partial charge in [0.05, 0.1) is 13.0 Å². The predicted octanol–water partition coefficient (Wildman–Crippen LogP) is 2.74. The number of benzene rings is 2. The first-order valence-electron chi connectivity index (χ1n) is 9.22. The highest BCUT2D eigenvalue weighted by Crippen LogP contribution is 2.25. The van der Waals surface area contributed by atoms with E-state index in [4.69, 9.17) is 9.47 Å². The molecule has 0 saturated carbocycles. The molecule has 2 aromatic rings. The summed E-state index contributed by atoms with van der Waals surface area (Å²) in [4.78, 5) is 17.1. The highest BCUT2D eigenvalue weighted by atomic mass is 16.5. The zero-order valence-corrected chi connectivity index (χ0v) is 15.9. The van der Waals surface area contributed by atoms with Gasteiger partial charge in [0.15, 0.2) is 0 Å². The first kappa shape index (κ1) is 18.7. The zero-order valence-electron chi connectivity index (χ0n) is 15.9. The maximum atomic E-state index is 12.4. The Bertz CT molecular complexity index is 754. The second-order valence-electron chi connectivity index (χ2n) is 7.01. The van der Waals surface area contributed by atoms with Gasteiger partial charge in [-0.1, -0.05) is 24.3 Å². The number of fused-ring (bicyclic) bond motifs is 1. The summed E-state index contributed by atoms with van der Waals surface area (Å²) in [6, 6.07) is 12.0. The van der Waals surface area contributed by atoms with E-state index in [9.17, 15) is 4.79 Å². The summed E-state index contributed by atoms with van der Waals surface area (Å²) in [5, 5.41) is 2.20. The molecule has 1 fully saturated rings. The van der Waals surface area contributed by atoms with Crippen molar-refractivity contribution in [2.75, 3.05) is 53.5 Å². The van der Waals surface area contributed by atoms with Gasteiger partial charge in [0, 0.05) is 32.7 Å². The van der Waals surface area contributed by atoms with Crippen LogP contribution in [0.25, 0.3) is 10.8 Å². The molecule has 0 aliphatic carbocycles. The number of hydrogen-bond donors (Lipinski definition) is 0. The van der Waals surface area contributed by atoms with E-state index in [0.717, 1.165) is 54.8 Å². The van der Waals surface area contributed by atoms with E-state index >= 15 is 0 Å². The quantitative estimate of drug-likeness (QED) is 0.745. The van der Waals surface area contributed by atoms with Crippen molar-refractivity contribution >= 4 is 16.7 Å². The molecule has 0 N–H and O–H groups in total. The Morgan fingerprint density at radius 2 is 1.77 bits per heavy atom. The molecule has 1 saturated heterocycles. The summed E-state index contributed by atoms with van der Waals surface area (Å²) in [6.07, 6.45) is 0. The van der Waals surface area contributed by atoms with Crippen LogP contribution in [0.5, 0.6) is 5.75 Å². The molecule has 1 aliphatic heterocycles. The van der Waals surface area contributed by atoms with Gasteiger partial charge in [0.25, 0.3) is 0 Å². The van der Waals surface area contributed by atoms with Crippen LogP contribution in [0.1, 0.15) is 18.4 Å². The Hall–Kier alpha value is -2.11. The number of nitrogens with zero attached hydrogens (tertiary/aromatic N) is 2. The van der Waals surface area contributed by atoms with Crippen LogP contribution in [0.3, 0.4) is 0 Å². The van der Waals surface area contributed by atoms with Crippen molar-refractivity contribution in [2.24, 2.45) is 0 Å². The lowest BCUT2D eigenvalue weighted by Crippen LogP contribution is -2.45. The number of ether oxygens (including phenoxy) is 2. The number of esters is 1. The van der Waals surface area contributed by atoms with Crippen LogP contribution in [0.4, 0.5) is 0 Å². The van der Waals surface area contributed by atoms with Crippen LogP contribution in [0.15, 0.2) is 36.4 Å². The zero-order chi connectivity index (χ0) is 18.5. The predicted molar refractivity (Wildman–Crippen MR) is 104 cm³/mol. The largest absolute Gasteiger partial charge is 0.497 e. The molecular weight excluding hydrogens is 328 g/mol. The fraction of sp³-hybridized carbons (Fsp3) is 0.476. The Labute approximate surface area is 155 Å². The first-order valence-corrected chi connectivity index (χ1v) is 9.22. The molecule has 0 unspecified atom stereocenters. The van der Waals surface area contributed by atoms with Gasteiger partial charge in [-0.25, -0.2) is 0 Å². The Balaban J connectivity index is 1.55. The van der Waals surface area contributed by atoms with Crippen molar-refractivity contribution in [3.05, 3.63) is 42.0 Å². The third kappa shape index (κ3) is 4.54. The van der Waals surface area contributed by atoms with Crippen molar-refractivity contribution in [3.63, 3.8) is 0 Å². The molecule has 0 spiro atoms. The normalized spacial score (nSPS) is 17.2. The second-order valence-corrected chi connectivity index (χ2v) is 7.01. The Morgan fingerprint density at radius 1 is 1.08 bits per heavy atom. The topological polar surface area (TPSA) is 42.0 Å². The maximum Gasteiger partial charge on any atom is 0.313 e. The van der Waals surface area contributed by atoms with Crippen LogP contribution in [0.2, 0.25) is 0 Å². The van der Waals surface area contributed by atoms with E-state index < -0.39 is 0 Å². The molecule has 1 aliphatic rings.